The minimum Gasteiger partial charge on any atom is -0.548 e. The summed E-state index contributed by atoms with van der Waals surface area (Å²) in [6.45, 7) is 5.89. The summed E-state index contributed by atoms with van der Waals surface area (Å²) in [5.74, 6) is -0.458. The molecule has 0 aliphatic carbocycles. The molecule has 0 amide bonds. The van der Waals surface area contributed by atoms with Gasteiger partial charge in [-0.3, -0.25) is 0 Å². The Balaban J connectivity index is 2.30. The highest BCUT2D eigenvalue weighted by Gasteiger charge is 2.15. The van der Waals surface area contributed by atoms with Gasteiger partial charge in [-0.25, -0.2) is 0 Å². The molecule has 1 N–H and O–H groups in total. The highest BCUT2D eigenvalue weighted by molar-refractivity contribution is 5.77. The summed E-state index contributed by atoms with van der Waals surface area (Å²) < 4.78 is 5.76. The lowest BCUT2D eigenvalue weighted by molar-refractivity contribution is -0.307. The van der Waals surface area contributed by atoms with Crippen molar-refractivity contribution in [1.29, 1.82) is 5.26 Å². The first-order chi connectivity index (χ1) is 11.9. The molecule has 0 radical (unpaired) electrons. The number of carbonyl (C=O) groups is 1. The number of hydrogen-bond donors (Lipinski definition) is 1. The highest BCUT2D eigenvalue weighted by atomic mass is 16.5. The number of nitrogens with zero attached hydrogens (tertiary/aromatic N) is 1. The summed E-state index contributed by atoms with van der Waals surface area (Å²) in [6, 6.07) is 13.0. The molecular weight excluding hydrogens is 316 g/mol. The fourth-order valence-electron chi connectivity index (χ4n) is 2.51. The van der Waals surface area contributed by atoms with Gasteiger partial charge >= 0.3 is 0 Å². The van der Waals surface area contributed by atoms with Crippen LogP contribution in [0.15, 0.2) is 42.5 Å². The molecule has 1 atom stereocenters. The number of carbonyl (C=O) groups excluding carboxylic acids is 1. The van der Waals surface area contributed by atoms with Gasteiger partial charge in [-0.2, -0.15) is 5.26 Å². The van der Waals surface area contributed by atoms with Crippen LogP contribution in [0, 0.1) is 11.3 Å². The Morgan fingerprint density at radius 3 is 2.44 bits per heavy atom. The second-order valence-corrected chi connectivity index (χ2v) is 5.97. The maximum Gasteiger partial charge on any atom is 0.122 e. The van der Waals surface area contributed by atoms with E-state index in [1.807, 2.05) is 32.9 Å². The number of anilines is 1. The van der Waals surface area contributed by atoms with Crippen molar-refractivity contribution >= 4 is 11.7 Å². The predicted octanol–water partition coefficient (Wildman–Crippen LogP) is 2.81. The number of nitrogens with one attached hydrogen (secondary N) is 1. The Morgan fingerprint density at radius 1 is 1.24 bits per heavy atom. The van der Waals surface area contributed by atoms with Gasteiger partial charge in [0.15, 0.2) is 0 Å². The van der Waals surface area contributed by atoms with E-state index < -0.39 is 12.0 Å². The molecule has 0 fully saturated rings. The summed E-state index contributed by atoms with van der Waals surface area (Å²) in [4.78, 5) is 11.6. The van der Waals surface area contributed by atoms with Crippen LogP contribution in [0.3, 0.4) is 0 Å². The number of aliphatic carboxylic acids is 1. The van der Waals surface area contributed by atoms with Crippen LogP contribution in [0.2, 0.25) is 0 Å². The number of rotatable bonds is 7. The third-order valence-electron chi connectivity index (χ3n) is 3.72. The predicted molar refractivity (Wildman–Crippen MR) is 94.1 cm³/mol. The lowest BCUT2D eigenvalue weighted by Crippen LogP contribution is -2.34. The number of ether oxygens (including phenoxy) is 1. The molecule has 25 heavy (non-hydrogen) atoms. The topological polar surface area (TPSA) is 85.2 Å². The average molecular weight is 337 g/mol. The number of hydrogen-bond acceptors (Lipinski definition) is 5. The molecule has 130 valence electrons. The first-order valence-corrected chi connectivity index (χ1v) is 8.21. The summed E-state index contributed by atoms with van der Waals surface area (Å²) >= 11 is 0. The van der Waals surface area contributed by atoms with Crippen LogP contribution < -0.4 is 15.2 Å². The van der Waals surface area contributed by atoms with Gasteiger partial charge in [0.05, 0.1) is 29.7 Å². The van der Waals surface area contributed by atoms with Crippen molar-refractivity contribution in [2.75, 3.05) is 5.32 Å². The van der Waals surface area contributed by atoms with Crippen molar-refractivity contribution < 1.29 is 14.6 Å². The second-order valence-electron chi connectivity index (χ2n) is 5.97. The molecule has 2 aromatic carbocycles. The fourth-order valence-corrected chi connectivity index (χ4v) is 2.51. The normalized spacial score (nSPS) is 11.6. The Bertz CT molecular complexity index is 777. The third-order valence-corrected chi connectivity index (χ3v) is 3.72. The molecule has 5 nitrogen and oxygen atoms in total. The van der Waals surface area contributed by atoms with Gasteiger partial charge in [0.2, 0.25) is 0 Å². The van der Waals surface area contributed by atoms with Crippen LogP contribution in [-0.4, -0.2) is 12.1 Å². The van der Waals surface area contributed by atoms with Crippen LogP contribution >= 0.6 is 0 Å². The first-order valence-electron chi connectivity index (χ1n) is 8.21. The summed E-state index contributed by atoms with van der Waals surface area (Å²) in [6.07, 6.45) is 0.775. The van der Waals surface area contributed by atoms with Gasteiger partial charge in [-0.05, 0) is 67.8 Å². The summed E-state index contributed by atoms with van der Waals surface area (Å²) in [7, 11) is 0. The molecule has 0 bridgehead atoms. The number of nitriles is 1. The zero-order valence-corrected chi connectivity index (χ0v) is 14.6. The van der Waals surface area contributed by atoms with E-state index in [1.165, 1.54) is 0 Å². The van der Waals surface area contributed by atoms with Gasteiger partial charge < -0.3 is 20.0 Å². The molecule has 0 aromatic heterocycles. The first kappa shape index (κ1) is 18.3. The molecule has 0 heterocycles. The van der Waals surface area contributed by atoms with Crippen LogP contribution in [0.4, 0.5) is 5.69 Å². The van der Waals surface area contributed by atoms with E-state index in [9.17, 15) is 9.90 Å². The Kier molecular flexibility index (Phi) is 6.02. The van der Waals surface area contributed by atoms with Gasteiger partial charge in [0.1, 0.15) is 5.75 Å². The molecular formula is C20H21N2O3-. The molecule has 0 saturated carbocycles. The van der Waals surface area contributed by atoms with Crippen molar-refractivity contribution in [3.05, 3.63) is 59.2 Å². The Hall–Kier alpha value is -3.00. The minimum absolute atomic E-state index is 0.0462. The van der Waals surface area contributed by atoms with Crippen molar-refractivity contribution in [2.24, 2.45) is 0 Å². The fraction of sp³-hybridized carbons (Fsp3) is 0.300. The summed E-state index contributed by atoms with van der Waals surface area (Å²) in [5.41, 5.74) is 2.66. The Morgan fingerprint density at radius 2 is 1.92 bits per heavy atom. The van der Waals surface area contributed by atoms with Crippen molar-refractivity contribution in [3.63, 3.8) is 0 Å². The van der Waals surface area contributed by atoms with E-state index >= 15 is 0 Å². The standard InChI is InChI=1S/C20H22N2O3/c1-4-15-11-16(7-10-18(15)25-13(2)3)19(20(23)24)22-17-8-5-14(12-21)6-9-17/h5-11,13,19,22H,4H2,1-3H3,(H,23,24)/p-1. The van der Waals surface area contributed by atoms with Crippen molar-refractivity contribution in [3.8, 4) is 11.8 Å². The van der Waals surface area contributed by atoms with E-state index in [-0.39, 0.29) is 6.10 Å². The lowest BCUT2D eigenvalue weighted by atomic mass is 10.0. The molecule has 0 aliphatic heterocycles. The van der Waals surface area contributed by atoms with Crippen LogP contribution in [-0.2, 0) is 11.2 Å². The smallest absolute Gasteiger partial charge is 0.122 e. The van der Waals surface area contributed by atoms with Gasteiger partial charge in [0.25, 0.3) is 0 Å². The second kappa shape index (κ2) is 8.20. The minimum atomic E-state index is -1.22. The number of carboxylic acids is 1. The average Bonchev–Trinajstić information content (AvgIpc) is 2.60. The lowest BCUT2D eigenvalue weighted by Gasteiger charge is -2.23. The largest absolute Gasteiger partial charge is 0.548 e. The quantitative estimate of drug-likeness (QED) is 0.840. The van der Waals surface area contributed by atoms with E-state index in [1.54, 1.807) is 36.4 Å². The van der Waals surface area contributed by atoms with Gasteiger partial charge in [-0.1, -0.05) is 13.0 Å². The molecule has 0 saturated heterocycles. The highest BCUT2D eigenvalue weighted by Crippen LogP contribution is 2.27. The molecule has 2 rings (SSSR count). The third kappa shape index (κ3) is 4.74. The van der Waals surface area contributed by atoms with E-state index in [4.69, 9.17) is 10.00 Å². The molecule has 2 aromatic rings. The molecule has 1 unspecified atom stereocenters. The number of carboxylic acid groups (broad SMARTS) is 1. The molecule has 0 aliphatic rings. The zero-order chi connectivity index (χ0) is 18.4. The van der Waals surface area contributed by atoms with Crippen LogP contribution in [0.1, 0.15) is 43.5 Å². The van der Waals surface area contributed by atoms with Crippen molar-refractivity contribution in [1.82, 2.24) is 0 Å². The SMILES string of the molecule is CCc1cc(C(Nc2ccc(C#N)cc2)C(=O)[O-])ccc1OC(C)C. The van der Waals surface area contributed by atoms with Crippen molar-refractivity contribution in [2.45, 2.75) is 39.3 Å². The van der Waals surface area contributed by atoms with Gasteiger partial charge in [0, 0.05) is 5.69 Å². The van der Waals surface area contributed by atoms with Crippen LogP contribution in [0.5, 0.6) is 5.75 Å². The maximum atomic E-state index is 11.6. The maximum absolute atomic E-state index is 11.6. The van der Waals surface area contributed by atoms with E-state index in [0.29, 0.717) is 16.8 Å². The van der Waals surface area contributed by atoms with E-state index in [2.05, 4.69) is 5.32 Å². The summed E-state index contributed by atoms with van der Waals surface area (Å²) in [5, 5.41) is 23.4. The number of benzene rings is 2. The van der Waals surface area contributed by atoms with Gasteiger partial charge in [-0.15, -0.1) is 0 Å². The Labute approximate surface area is 147 Å². The zero-order valence-electron chi connectivity index (χ0n) is 14.6. The number of aryl methyl sites for hydroxylation is 1. The molecule has 5 heteroatoms. The monoisotopic (exact) mass is 337 g/mol. The molecule has 0 spiro atoms. The van der Waals surface area contributed by atoms with Crippen LogP contribution in [0.25, 0.3) is 0 Å². The van der Waals surface area contributed by atoms with E-state index in [0.717, 1.165) is 17.7 Å².